The Morgan fingerprint density at radius 1 is 1.22 bits per heavy atom. The third kappa shape index (κ3) is 6.60. The number of hydrogen-bond donors (Lipinski definition) is 3. The van der Waals surface area contributed by atoms with Crippen LogP contribution in [0.3, 0.4) is 0 Å². The van der Waals surface area contributed by atoms with Crippen LogP contribution in [0.15, 0.2) is 18.2 Å². The summed E-state index contributed by atoms with van der Waals surface area (Å²) in [4.78, 5) is 28.8. The van der Waals surface area contributed by atoms with E-state index in [9.17, 15) is 14.4 Å². The van der Waals surface area contributed by atoms with Crippen molar-refractivity contribution in [1.82, 2.24) is 29.5 Å². The van der Waals surface area contributed by atoms with Gasteiger partial charge in [0.25, 0.3) is 5.91 Å². The minimum atomic E-state index is -1.05. The van der Waals surface area contributed by atoms with Crippen molar-refractivity contribution in [3.05, 3.63) is 57.5 Å². The number of nitrogens with two attached hydrogens (primary N) is 1. The van der Waals surface area contributed by atoms with E-state index in [1.54, 1.807) is 14.1 Å². The molecule has 16 heteroatoms. The fourth-order valence-electron chi connectivity index (χ4n) is 8.79. The number of aryl methyl sites for hydroxylation is 2. The summed E-state index contributed by atoms with van der Waals surface area (Å²) >= 11 is -1.05. The number of anilines is 2. The van der Waals surface area contributed by atoms with Gasteiger partial charge in [0.05, 0.1) is 35.6 Å². The first-order chi connectivity index (χ1) is 24.6. The molecule has 0 bridgehead atoms. The average Bonchev–Trinajstić information content (AvgIpc) is 3.74. The van der Waals surface area contributed by atoms with E-state index < -0.39 is 30.5 Å². The molecular formula is C35H44FN9O5Pd. The quantitative estimate of drug-likeness (QED) is 0.254. The van der Waals surface area contributed by atoms with E-state index in [2.05, 4.69) is 21.0 Å². The molecular weight excluding hydrogens is 752 g/mol. The van der Waals surface area contributed by atoms with Crippen LogP contribution in [0.5, 0.6) is 6.01 Å². The molecule has 51 heavy (non-hydrogen) atoms. The number of nitrogens with zero attached hydrogens (tertiary/aromatic N) is 8. The first kappa shape index (κ1) is 35.7. The topological polar surface area (TPSA) is 179 Å². The van der Waals surface area contributed by atoms with Crippen molar-refractivity contribution in [1.29, 1.82) is 5.26 Å². The number of halogens is 1. The number of carbonyl (C=O) groups is 1. The van der Waals surface area contributed by atoms with E-state index in [0.29, 0.717) is 62.6 Å². The van der Waals surface area contributed by atoms with E-state index in [-0.39, 0.29) is 24.1 Å². The molecule has 14 nitrogen and oxygen atoms in total. The van der Waals surface area contributed by atoms with E-state index in [0.717, 1.165) is 79.0 Å². The number of hydrogen-bond acceptors (Lipinski definition) is 12. The summed E-state index contributed by atoms with van der Waals surface area (Å²) in [5.74, 6) is 0.600. The number of fused-ring (bicyclic) bond motifs is 5. The first-order valence-corrected chi connectivity index (χ1v) is 18.8. The molecule has 1 amide bonds. The number of amides is 1. The van der Waals surface area contributed by atoms with E-state index >= 15 is 0 Å². The van der Waals surface area contributed by atoms with Gasteiger partial charge in [0, 0.05) is 63.4 Å². The van der Waals surface area contributed by atoms with E-state index in [1.165, 1.54) is 4.90 Å². The van der Waals surface area contributed by atoms with Crippen LogP contribution in [0.2, 0.25) is 0 Å². The monoisotopic (exact) mass is 795 g/mol. The fraction of sp³-hybridized carbons (Fsp3) is 0.571. The van der Waals surface area contributed by atoms with Crippen molar-refractivity contribution in [2.75, 3.05) is 51.0 Å². The van der Waals surface area contributed by atoms with Crippen molar-refractivity contribution < 1.29 is 45.0 Å². The van der Waals surface area contributed by atoms with Crippen molar-refractivity contribution in [2.24, 2.45) is 0 Å². The predicted molar refractivity (Wildman–Crippen MR) is 180 cm³/mol. The zero-order valence-electron chi connectivity index (χ0n) is 28.9. The molecule has 2 aromatic heterocycles. The number of benzene rings is 1. The molecule has 2 saturated heterocycles. The van der Waals surface area contributed by atoms with Crippen LogP contribution in [-0.2, 0) is 61.6 Å². The van der Waals surface area contributed by atoms with Crippen LogP contribution in [0, 0.1) is 11.3 Å². The first-order valence-electron chi connectivity index (χ1n) is 17.4. The molecule has 1 spiro atoms. The Balaban J connectivity index is 0.00000131. The van der Waals surface area contributed by atoms with Crippen LogP contribution in [0.4, 0.5) is 15.9 Å². The zero-order chi connectivity index (χ0) is 35.9. The van der Waals surface area contributed by atoms with Gasteiger partial charge in [-0.05, 0) is 62.8 Å². The van der Waals surface area contributed by atoms with Gasteiger partial charge >= 0.3 is 32.4 Å². The van der Waals surface area contributed by atoms with Gasteiger partial charge < -0.3 is 25.0 Å². The fourth-order valence-corrected chi connectivity index (χ4v) is 8.79. The molecule has 1 aliphatic carbocycles. The molecule has 4 N–H and O–H groups in total. The van der Waals surface area contributed by atoms with Crippen LogP contribution >= 0.6 is 0 Å². The molecule has 3 aromatic rings. The Hall–Kier alpha value is -3.70. The summed E-state index contributed by atoms with van der Waals surface area (Å²) in [7, 11) is 3.45. The Kier molecular flexibility index (Phi) is 10.1. The third-order valence-corrected chi connectivity index (χ3v) is 11.1. The zero-order valence-corrected chi connectivity index (χ0v) is 30.4. The summed E-state index contributed by atoms with van der Waals surface area (Å²) in [5.41, 5.74) is 11.2. The van der Waals surface area contributed by atoms with Gasteiger partial charge in [-0.25, -0.2) is 4.39 Å². The normalized spacial score (nSPS) is 25.2. The van der Waals surface area contributed by atoms with Crippen LogP contribution in [0.25, 0.3) is 0 Å². The van der Waals surface area contributed by atoms with Gasteiger partial charge in [-0.1, -0.05) is 6.07 Å². The Morgan fingerprint density at radius 3 is 2.82 bits per heavy atom. The maximum atomic E-state index is 14.6. The van der Waals surface area contributed by atoms with Crippen LogP contribution in [-0.4, -0.2) is 95.2 Å². The van der Waals surface area contributed by atoms with Crippen LogP contribution in [0.1, 0.15) is 82.7 Å². The summed E-state index contributed by atoms with van der Waals surface area (Å²) in [6, 6.07) is 8.34. The van der Waals surface area contributed by atoms with Gasteiger partial charge in [0.2, 0.25) is 0 Å². The summed E-state index contributed by atoms with van der Waals surface area (Å²) in [6.45, 7) is 3.82. The van der Waals surface area contributed by atoms with Crippen molar-refractivity contribution in [3.63, 3.8) is 0 Å². The second-order valence-electron chi connectivity index (χ2n) is 14.4. The average molecular weight is 796 g/mol. The van der Waals surface area contributed by atoms with Crippen molar-refractivity contribution in [3.8, 4) is 12.1 Å². The van der Waals surface area contributed by atoms with Gasteiger partial charge in [-0.2, -0.15) is 20.3 Å². The molecule has 1 unspecified atom stereocenters. The molecule has 6 heterocycles. The van der Waals surface area contributed by atoms with Crippen LogP contribution < -0.4 is 15.4 Å². The number of ether oxygens (including phenoxy) is 2. The predicted octanol–water partition coefficient (Wildman–Crippen LogP) is 2.38. The number of rotatable bonds is 5. The summed E-state index contributed by atoms with van der Waals surface area (Å²) in [6.07, 6.45) is 5.30. The summed E-state index contributed by atoms with van der Waals surface area (Å²) in [5, 5.41) is 14.8. The molecule has 276 valence electrons. The molecule has 2 fully saturated rings. The number of alkyl halides is 1. The Morgan fingerprint density at radius 2 is 2.04 bits per heavy atom. The maximum absolute atomic E-state index is 14.6. The van der Waals surface area contributed by atoms with E-state index in [1.807, 2.05) is 22.9 Å². The second-order valence-corrected chi connectivity index (χ2v) is 14.7. The Labute approximate surface area is 305 Å². The Bertz CT molecular complexity index is 1850. The molecule has 0 radical (unpaired) electrons. The van der Waals surface area contributed by atoms with Gasteiger partial charge in [-0.3, -0.25) is 14.4 Å². The SMILES string of the molecule is CN(C)C(=O)c1cc2n(n1)CCCN(c1nc(OC[C@@]34CCCN3C[C@H](F)C4)nc3c1COC1(CCCc4ccc(N)c(C#N)c41)C3)C2.[OH][Pd][OH]. The molecule has 3 atom stereocenters. The number of nitrogen functional groups attached to an aromatic ring is 1. The summed E-state index contributed by atoms with van der Waals surface area (Å²) < 4.78 is 44.2. The molecule has 0 saturated carbocycles. The van der Waals surface area contributed by atoms with Crippen molar-refractivity contribution in [2.45, 2.75) is 88.4 Å². The number of nitriles is 1. The van der Waals surface area contributed by atoms with Gasteiger partial charge in [0.15, 0.2) is 5.69 Å². The second kappa shape index (κ2) is 14.4. The minimum absolute atomic E-state index is 0.135. The number of carbonyl (C=O) groups excluding carboxylic acids is 1. The standard InChI is InChI=1S/C35H42FN9O3.2H2O.Pd/c1-42(2)32(46)28-14-24-19-43(11-5-13-45(24)41-28)31-26-20-48-35(10-3-6-22-7-8-27(38)25(17-37)30(22)35)16-29(26)39-33(40-31)47-21-34-9-4-12-44(34)18-23(36)15-34;;;/h7-8,14,23H,3-6,9-13,15-16,18-21,38H2,1-2H3;2*1H2;/q;;;+2/p-2/t23-,34+,35?;;;/m1.../s1. The van der Waals surface area contributed by atoms with Crippen molar-refractivity contribution >= 4 is 17.4 Å². The van der Waals surface area contributed by atoms with Gasteiger partial charge in [-0.15, -0.1) is 0 Å². The molecule has 8 rings (SSSR count). The molecule has 1 aromatic carbocycles. The third-order valence-electron chi connectivity index (χ3n) is 11.1. The van der Waals surface area contributed by atoms with E-state index in [4.69, 9.17) is 32.8 Å². The molecule has 5 aliphatic rings. The van der Waals surface area contributed by atoms with Gasteiger partial charge in [0.1, 0.15) is 30.3 Å². The molecule has 4 aliphatic heterocycles. The number of aromatic nitrogens is 4.